The van der Waals surface area contributed by atoms with Crippen LogP contribution in [0.2, 0.25) is 0 Å². The van der Waals surface area contributed by atoms with Gasteiger partial charge >= 0.3 is 0 Å². The minimum atomic E-state index is 0.838. The molecule has 0 atom stereocenters. The third kappa shape index (κ3) is 1.53. The molecule has 5 rings (SSSR count). The lowest BCUT2D eigenvalue weighted by atomic mass is 9.51. The molecule has 1 aromatic rings. The van der Waals surface area contributed by atoms with Gasteiger partial charge in [-0.15, -0.1) is 6.42 Å². The second-order valence-corrected chi connectivity index (χ2v) is 6.72. The van der Waals surface area contributed by atoms with Crippen LogP contribution < -0.4 is 0 Å². The van der Waals surface area contributed by atoms with E-state index in [-0.39, 0.29) is 0 Å². The molecule has 0 radical (unpaired) electrons. The minimum absolute atomic E-state index is 0.838. The Kier molecular flexibility index (Phi) is 2.31. The molecular formula is C18H20. The first kappa shape index (κ1) is 10.7. The Hall–Kier alpha value is -1.22. The van der Waals surface area contributed by atoms with Crippen molar-refractivity contribution in [2.75, 3.05) is 0 Å². The summed E-state index contributed by atoms with van der Waals surface area (Å²) in [5.41, 5.74) is 2.57. The summed E-state index contributed by atoms with van der Waals surface area (Å²) in [5.74, 6) is 7.63. The predicted molar refractivity (Wildman–Crippen MR) is 74.2 cm³/mol. The lowest BCUT2D eigenvalue weighted by Crippen LogP contribution is -2.43. The highest BCUT2D eigenvalue weighted by Crippen LogP contribution is 2.59. The van der Waals surface area contributed by atoms with Crippen LogP contribution in [0.25, 0.3) is 0 Å². The molecule has 0 nitrogen and oxygen atoms in total. The van der Waals surface area contributed by atoms with E-state index in [0.29, 0.717) is 0 Å². The molecule has 0 spiro atoms. The van der Waals surface area contributed by atoms with E-state index in [1.54, 1.807) is 5.56 Å². The zero-order chi connectivity index (χ0) is 12.1. The lowest BCUT2D eigenvalue weighted by molar-refractivity contribution is -0.00277. The van der Waals surface area contributed by atoms with Gasteiger partial charge in [0.05, 0.1) is 0 Å². The van der Waals surface area contributed by atoms with Crippen LogP contribution in [0.3, 0.4) is 0 Å². The van der Waals surface area contributed by atoms with Crippen molar-refractivity contribution in [2.24, 2.45) is 23.7 Å². The molecular weight excluding hydrogens is 216 g/mol. The summed E-state index contributed by atoms with van der Waals surface area (Å²) in [4.78, 5) is 0. The van der Waals surface area contributed by atoms with Crippen LogP contribution in [0.5, 0.6) is 0 Å². The number of hydrogen-bond acceptors (Lipinski definition) is 0. The number of benzene rings is 1. The summed E-state index contributed by atoms with van der Waals surface area (Å²) in [5, 5.41) is 0. The zero-order valence-corrected chi connectivity index (χ0v) is 10.8. The van der Waals surface area contributed by atoms with Gasteiger partial charge in [0.2, 0.25) is 0 Å². The van der Waals surface area contributed by atoms with Gasteiger partial charge in [-0.3, -0.25) is 0 Å². The second kappa shape index (κ2) is 3.89. The van der Waals surface area contributed by atoms with E-state index in [0.717, 1.165) is 35.2 Å². The molecule has 18 heavy (non-hydrogen) atoms. The van der Waals surface area contributed by atoms with Gasteiger partial charge in [-0.25, -0.2) is 0 Å². The van der Waals surface area contributed by atoms with Crippen molar-refractivity contribution in [1.82, 2.24) is 0 Å². The highest BCUT2D eigenvalue weighted by atomic mass is 14.5. The predicted octanol–water partition coefficient (Wildman–Crippen LogP) is 4.21. The van der Waals surface area contributed by atoms with E-state index < -0.39 is 0 Å². The molecule has 0 N–H and O–H groups in total. The molecule has 0 aliphatic heterocycles. The number of hydrogen-bond donors (Lipinski definition) is 0. The van der Waals surface area contributed by atoms with Gasteiger partial charge in [0.15, 0.2) is 0 Å². The fourth-order valence-corrected chi connectivity index (χ4v) is 5.27. The average Bonchev–Trinajstić information content (AvgIpc) is 2.38. The molecule has 1 aromatic carbocycles. The first-order valence-corrected chi connectivity index (χ1v) is 7.40. The van der Waals surface area contributed by atoms with Crippen LogP contribution in [0.15, 0.2) is 24.3 Å². The Labute approximate surface area is 110 Å². The van der Waals surface area contributed by atoms with Crippen LogP contribution in [-0.2, 0) is 0 Å². The van der Waals surface area contributed by atoms with Gasteiger partial charge in [0.1, 0.15) is 0 Å². The van der Waals surface area contributed by atoms with Gasteiger partial charge in [-0.1, -0.05) is 18.1 Å². The summed E-state index contributed by atoms with van der Waals surface area (Å²) in [6, 6.07) is 8.84. The van der Waals surface area contributed by atoms with E-state index >= 15 is 0 Å². The molecule has 0 heterocycles. The van der Waals surface area contributed by atoms with Crippen molar-refractivity contribution in [2.45, 2.75) is 38.0 Å². The summed E-state index contributed by atoms with van der Waals surface area (Å²) < 4.78 is 0. The Bertz CT molecular complexity index is 460. The lowest BCUT2D eigenvalue weighted by Gasteiger charge is -2.54. The van der Waals surface area contributed by atoms with Crippen molar-refractivity contribution in [3.63, 3.8) is 0 Å². The minimum Gasteiger partial charge on any atom is -0.115 e. The number of terminal acetylenes is 1. The third-order valence-electron chi connectivity index (χ3n) is 5.69. The SMILES string of the molecule is C#Cc1ccc(C2C3CC4CC(C3)CC2C4)cc1. The van der Waals surface area contributed by atoms with Crippen LogP contribution in [0.1, 0.15) is 49.1 Å². The van der Waals surface area contributed by atoms with Gasteiger partial charge < -0.3 is 0 Å². The van der Waals surface area contributed by atoms with Crippen LogP contribution in [0.4, 0.5) is 0 Å². The van der Waals surface area contributed by atoms with Crippen molar-refractivity contribution >= 4 is 0 Å². The largest absolute Gasteiger partial charge is 0.115 e. The molecule has 0 saturated heterocycles. The molecule has 4 bridgehead atoms. The highest BCUT2D eigenvalue weighted by molar-refractivity contribution is 5.36. The fourth-order valence-electron chi connectivity index (χ4n) is 5.27. The van der Waals surface area contributed by atoms with Gasteiger partial charge in [0, 0.05) is 5.56 Å². The van der Waals surface area contributed by atoms with Crippen LogP contribution >= 0.6 is 0 Å². The normalized spacial score (nSPS) is 40.7. The molecule has 4 aliphatic rings. The average molecular weight is 236 g/mol. The van der Waals surface area contributed by atoms with Crippen LogP contribution in [0, 0.1) is 36.0 Å². The molecule has 0 aromatic heterocycles. The molecule has 0 unspecified atom stereocenters. The first-order chi connectivity index (χ1) is 8.83. The Morgan fingerprint density at radius 2 is 1.39 bits per heavy atom. The third-order valence-corrected chi connectivity index (χ3v) is 5.69. The topological polar surface area (TPSA) is 0 Å². The van der Waals surface area contributed by atoms with E-state index in [1.165, 1.54) is 32.1 Å². The van der Waals surface area contributed by atoms with E-state index in [4.69, 9.17) is 6.42 Å². The van der Waals surface area contributed by atoms with Gasteiger partial charge in [-0.2, -0.15) is 0 Å². The van der Waals surface area contributed by atoms with Crippen molar-refractivity contribution < 1.29 is 0 Å². The quantitative estimate of drug-likeness (QED) is 0.641. The van der Waals surface area contributed by atoms with Crippen molar-refractivity contribution in [3.05, 3.63) is 35.4 Å². The molecule has 0 amide bonds. The van der Waals surface area contributed by atoms with E-state index in [2.05, 4.69) is 30.2 Å². The molecule has 4 saturated carbocycles. The van der Waals surface area contributed by atoms with Crippen molar-refractivity contribution in [3.8, 4) is 12.3 Å². The molecule has 4 aliphatic carbocycles. The maximum atomic E-state index is 5.44. The van der Waals surface area contributed by atoms with Gasteiger partial charge in [0.25, 0.3) is 0 Å². The summed E-state index contributed by atoms with van der Waals surface area (Å²) in [6.45, 7) is 0. The maximum Gasteiger partial charge on any atom is 0.0242 e. The maximum absolute atomic E-state index is 5.44. The monoisotopic (exact) mass is 236 g/mol. The summed E-state index contributed by atoms with van der Waals surface area (Å²) in [7, 11) is 0. The highest BCUT2D eigenvalue weighted by Gasteiger charge is 2.48. The Morgan fingerprint density at radius 1 is 0.833 bits per heavy atom. The standard InChI is InChI=1S/C18H20/c1-2-12-3-5-15(6-4-12)18-16-8-13-7-14(10-16)11-17(18)9-13/h1,3-6,13-14,16-18H,7-11H2. The smallest absolute Gasteiger partial charge is 0.0242 e. The molecule has 0 heteroatoms. The Morgan fingerprint density at radius 3 is 1.89 bits per heavy atom. The molecule has 92 valence electrons. The zero-order valence-electron chi connectivity index (χ0n) is 10.8. The van der Waals surface area contributed by atoms with Crippen LogP contribution in [-0.4, -0.2) is 0 Å². The van der Waals surface area contributed by atoms with E-state index in [1.807, 2.05) is 0 Å². The molecule has 4 fully saturated rings. The van der Waals surface area contributed by atoms with E-state index in [9.17, 15) is 0 Å². The van der Waals surface area contributed by atoms with Gasteiger partial charge in [-0.05, 0) is 79.4 Å². The number of rotatable bonds is 1. The fraction of sp³-hybridized carbons (Fsp3) is 0.556. The Balaban J connectivity index is 1.66. The van der Waals surface area contributed by atoms with Crippen molar-refractivity contribution in [1.29, 1.82) is 0 Å². The first-order valence-electron chi connectivity index (χ1n) is 7.40. The summed E-state index contributed by atoms with van der Waals surface area (Å²) in [6.07, 6.45) is 13.0. The summed E-state index contributed by atoms with van der Waals surface area (Å²) >= 11 is 0. The second-order valence-electron chi connectivity index (χ2n) is 6.72.